The molecule has 0 bridgehead atoms. The summed E-state index contributed by atoms with van der Waals surface area (Å²) >= 11 is 0. The number of aryl methyl sites for hydroxylation is 3. The van der Waals surface area contributed by atoms with Crippen molar-refractivity contribution in [3.05, 3.63) is 35.1 Å². The van der Waals surface area contributed by atoms with Gasteiger partial charge in [-0.05, 0) is 19.8 Å². The molecule has 2 rings (SSSR count). The Labute approximate surface area is 113 Å². The van der Waals surface area contributed by atoms with Crippen LogP contribution in [0.1, 0.15) is 36.7 Å². The third kappa shape index (κ3) is 3.10. The van der Waals surface area contributed by atoms with Gasteiger partial charge in [0, 0.05) is 24.9 Å². The fourth-order valence-corrected chi connectivity index (χ4v) is 1.97. The summed E-state index contributed by atoms with van der Waals surface area (Å²) in [6, 6.07) is 2.00. The maximum Gasteiger partial charge on any atom is 0.156 e. The third-order valence-corrected chi connectivity index (χ3v) is 3.07. The summed E-state index contributed by atoms with van der Waals surface area (Å²) in [7, 11) is 2.01. The van der Waals surface area contributed by atoms with Crippen molar-refractivity contribution in [2.75, 3.05) is 11.9 Å². The number of hydrogen-bond acceptors (Lipinski definition) is 5. The molecule has 0 saturated heterocycles. The Hall–Kier alpha value is -1.91. The fourth-order valence-electron chi connectivity index (χ4n) is 1.97. The van der Waals surface area contributed by atoms with E-state index < -0.39 is 0 Å². The molecule has 102 valence electrons. The van der Waals surface area contributed by atoms with Gasteiger partial charge in [-0.25, -0.2) is 9.97 Å². The summed E-state index contributed by atoms with van der Waals surface area (Å²) in [4.78, 5) is 10.8. The third-order valence-electron chi connectivity index (χ3n) is 3.07. The Balaban J connectivity index is 2.19. The fraction of sp³-hybridized carbons (Fsp3) is 0.500. The first kappa shape index (κ1) is 13.5. The lowest BCUT2D eigenvalue weighted by Gasteiger charge is -2.19. The van der Waals surface area contributed by atoms with Crippen LogP contribution in [0.3, 0.4) is 0 Å². The number of nitrogens with zero attached hydrogens (tertiary/aromatic N) is 4. The zero-order valence-electron chi connectivity index (χ0n) is 12.0. The summed E-state index contributed by atoms with van der Waals surface area (Å²) in [5, 5.41) is 4.01. The molecule has 0 aliphatic carbocycles. The second kappa shape index (κ2) is 5.82. The predicted octanol–water partition coefficient (Wildman–Crippen LogP) is 2.53. The molecule has 0 aromatic carbocycles. The lowest BCUT2D eigenvalue weighted by molar-refractivity contribution is 0.377. The van der Waals surface area contributed by atoms with E-state index in [0.717, 1.165) is 41.5 Å². The van der Waals surface area contributed by atoms with Crippen molar-refractivity contribution in [1.82, 2.24) is 15.1 Å². The van der Waals surface area contributed by atoms with Crippen molar-refractivity contribution in [3.63, 3.8) is 0 Å². The van der Waals surface area contributed by atoms with Crippen molar-refractivity contribution in [2.24, 2.45) is 0 Å². The van der Waals surface area contributed by atoms with Crippen LogP contribution >= 0.6 is 0 Å². The first-order chi connectivity index (χ1) is 9.13. The van der Waals surface area contributed by atoms with Crippen LogP contribution in [0.4, 0.5) is 5.82 Å². The minimum atomic E-state index is 0.663. The molecule has 0 radical (unpaired) electrons. The maximum atomic E-state index is 5.32. The molecule has 0 N–H and O–H groups in total. The van der Waals surface area contributed by atoms with Crippen molar-refractivity contribution in [1.29, 1.82) is 0 Å². The van der Waals surface area contributed by atoms with Gasteiger partial charge < -0.3 is 9.42 Å². The molecule has 0 aliphatic heterocycles. The highest BCUT2D eigenvalue weighted by Gasteiger charge is 2.12. The number of aromatic nitrogens is 3. The van der Waals surface area contributed by atoms with Gasteiger partial charge in [-0.2, -0.15) is 0 Å². The van der Waals surface area contributed by atoms with Crippen LogP contribution in [0.2, 0.25) is 0 Å². The molecule has 2 aromatic heterocycles. The molecule has 0 atom stereocenters. The lowest BCUT2D eigenvalue weighted by Crippen LogP contribution is -2.19. The minimum absolute atomic E-state index is 0.663. The highest BCUT2D eigenvalue weighted by atomic mass is 16.5. The molecule has 0 aliphatic rings. The Morgan fingerprint density at radius 2 is 2.05 bits per heavy atom. The average molecular weight is 260 g/mol. The molecule has 0 amide bonds. The second-order valence-electron chi connectivity index (χ2n) is 4.61. The SMILES string of the molecule is CCc1cc(CN(C)c2nc(C)ncc2CC)on1. The topological polar surface area (TPSA) is 55.1 Å². The molecule has 5 heteroatoms. The summed E-state index contributed by atoms with van der Waals surface area (Å²) in [5.41, 5.74) is 2.13. The van der Waals surface area contributed by atoms with Gasteiger partial charge in [0.2, 0.25) is 0 Å². The molecule has 5 nitrogen and oxygen atoms in total. The van der Waals surface area contributed by atoms with Crippen molar-refractivity contribution >= 4 is 5.82 Å². The zero-order chi connectivity index (χ0) is 13.8. The van der Waals surface area contributed by atoms with Crippen LogP contribution in [0, 0.1) is 6.92 Å². The standard InChI is InChI=1S/C14H20N4O/c1-5-11-8-15-10(3)16-14(11)18(4)9-13-7-12(6-2)17-19-13/h7-8H,5-6,9H2,1-4H3. The average Bonchev–Trinajstić information content (AvgIpc) is 2.86. The Bertz CT molecular complexity index is 550. The van der Waals surface area contributed by atoms with E-state index in [9.17, 15) is 0 Å². The van der Waals surface area contributed by atoms with Gasteiger partial charge in [-0.15, -0.1) is 0 Å². The van der Waals surface area contributed by atoms with E-state index in [1.807, 2.05) is 26.2 Å². The van der Waals surface area contributed by atoms with E-state index in [4.69, 9.17) is 4.52 Å². The zero-order valence-corrected chi connectivity index (χ0v) is 12.0. The quantitative estimate of drug-likeness (QED) is 0.827. The number of hydrogen-bond donors (Lipinski definition) is 0. The Morgan fingerprint density at radius 1 is 1.26 bits per heavy atom. The Morgan fingerprint density at radius 3 is 2.68 bits per heavy atom. The normalized spacial score (nSPS) is 10.7. The van der Waals surface area contributed by atoms with E-state index in [0.29, 0.717) is 6.54 Å². The van der Waals surface area contributed by atoms with Crippen LogP contribution in [-0.2, 0) is 19.4 Å². The monoisotopic (exact) mass is 260 g/mol. The second-order valence-corrected chi connectivity index (χ2v) is 4.61. The van der Waals surface area contributed by atoms with E-state index >= 15 is 0 Å². The molecule has 2 aromatic rings. The van der Waals surface area contributed by atoms with Gasteiger partial charge in [0.15, 0.2) is 5.76 Å². The van der Waals surface area contributed by atoms with E-state index in [-0.39, 0.29) is 0 Å². The molecule has 19 heavy (non-hydrogen) atoms. The predicted molar refractivity (Wildman–Crippen MR) is 74.1 cm³/mol. The van der Waals surface area contributed by atoms with Gasteiger partial charge in [0.1, 0.15) is 11.6 Å². The first-order valence-electron chi connectivity index (χ1n) is 6.62. The van der Waals surface area contributed by atoms with E-state index in [1.165, 1.54) is 0 Å². The van der Waals surface area contributed by atoms with E-state index in [1.54, 1.807) is 0 Å². The van der Waals surface area contributed by atoms with Gasteiger partial charge in [0.25, 0.3) is 0 Å². The summed E-state index contributed by atoms with van der Waals surface area (Å²) in [6.45, 7) is 6.74. The summed E-state index contributed by atoms with van der Waals surface area (Å²) in [5.74, 6) is 2.60. The van der Waals surface area contributed by atoms with Crippen molar-refractivity contribution in [2.45, 2.75) is 40.2 Å². The van der Waals surface area contributed by atoms with Gasteiger partial charge >= 0.3 is 0 Å². The molecular formula is C14H20N4O. The van der Waals surface area contributed by atoms with E-state index in [2.05, 4.69) is 33.9 Å². The number of anilines is 1. The van der Waals surface area contributed by atoms with Crippen molar-refractivity contribution < 1.29 is 4.52 Å². The summed E-state index contributed by atoms with van der Waals surface area (Å²) in [6.07, 6.45) is 3.70. The molecule has 0 fully saturated rings. The lowest BCUT2D eigenvalue weighted by atomic mass is 10.2. The van der Waals surface area contributed by atoms with Gasteiger partial charge in [0.05, 0.1) is 12.2 Å². The van der Waals surface area contributed by atoms with Crippen LogP contribution in [0.5, 0.6) is 0 Å². The van der Waals surface area contributed by atoms with Crippen molar-refractivity contribution in [3.8, 4) is 0 Å². The Kier molecular flexibility index (Phi) is 4.14. The molecular weight excluding hydrogens is 240 g/mol. The largest absolute Gasteiger partial charge is 0.359 e. The van der Waals surface area contributed by atoms with Crippen LogP contribution in [0.15, 0.2) is 16.8 Å². The van der Waals surface area contributed by atoms with Crippen LogP contribution in [0.25, 0.3) is 0 Å². The molecule has 0 unspecified atom stereocenters. The van der Waals surface area contributed by atoms with Gasteiger partial charge in [-0.3, -0.25) is 0 Å². The van der Waals surface area contributed by atoms with Crippen LogP contribution < -0.4 is 4.90 Å². The highest BCUT2D eigenvalue weighted by Crippen LogP contribution is 2.19. The number of rotatable bonds is 5. The summed E-state index contributed by atoms with van der Waals surface area (Å²) < 4.78 is 5.32. The molecule has 0 spiro atoms. The molecule has 2 heterocycles. The first-order valence-corrected chi connectivity index (χ1v) is 6.62. The van der Waals surface area contributed by atoms with Gasteiger partial charge in [-0.1, -0.05) is 19.0 Å². The minimum Gasteiger partial charge on any atom is -0.359 e. The maximum absolute atomic E-state index is 5.32. The van der Waals surface area contributed by atoms with Crippen LogP contribution in [-0.4, -0.2) is 22.2 Å². The highest BCUT2D eigenvalue weighted by molar-refractivity contribution is 5.45. The smallest absolute Gasteiger partial charge is 0.156 e. The molecule has 0 saturated carbocycles.